The van der Waals surface area contributed by atoms with Gasteiger partial charge in [-0.3, -0.25) is 14.1 Å². The zero-order chi connectivity index (χ0) is 44.5. The third-order valence-corrected chi connectivity index (χ3v) is 11.2. The monoisotopic (exact) mass is 871 g/mol. The summed E-state index contributed by atoms with van der Waals surface area (Å²) in [6.07, 6.45) is 39.1. The van der Waals surface area contributed by atoms with E-state index in [1.54, 1.807) is 42.5 Å². The lowest BCUT2D eigenvalue weighted by molar-refractivity contribution is -0.161. The van der Waals surface area contributed by atoms with Crippen molar-refractivity contribution in [1.29, 1.82) is 0 Å². The van der Waals surface area contributed by atoms with Crippen LogP contribution in [0.5, 0.6) is 0 Å². The minimum atomic E-state index is -4.84. The number of phosphoric ester groups is 1. The molecule has 5 N–H and O–H groups in total. The van der Waals surface area contributed by atoms with E-state index in [0.717, 1.165) is 50.9 Å². The van der Waals surface area contributed by atoms with E-state index < -0.39 is 57.4 Å². The van der Waals surface area contributed by atoms with E-state index in [1.165, 1.54) is 109 Å². The smallest absolute Gasteiger partial charge is 0.462 e. The molecular weight excluding hydrogens is 783 g/mol. The molecule has 0 rings (SSSR count). The van der Waals surface area contributed by atoms with E-state index in [0.29, 0.717) is 6.42 Å². The lowest BCUT2D eigenvalue weighted by Gasteiger charge is -2.18. The van der Waals surface area contributed by atoms with Gasteiger partial charge in [0, 0.05) is 12.8 Å². The maximum atomic E-state index is 12.5. The highest BCUT2D eigenvalue weighted by Gasteiger charge is 2.23. The molecule has 1 unspecified atom stereocenters. The first-order chi connectivity index (χ1) is 28.9. The Morgan fingerprint density at radius 1 is 0.550 bits per heavy atom. The number of allylic oxidation sites excluding steroid dienone is 6. The van der Waals surface area contributed by atoms with Crippen molar-refractivity contribution >= 4 is 19.8 Å². The minimum Gasteiger partial charge on any atom is -0.462 e. The second-order valence-corrected chi connectivity index (χ2v) is 17.8. The van der Waals surface area contributed by atoms with Crippen LogP contribution in [-0.2, 0) is 28.2 Å². The Balaban J connectivity index is 4.11. The van der Waals surface area contributed by atoms with Crippen LogP contribution in [0.1, 0.15) is 201 Å². The van der Waals surface area contributed by atoms with Gasteiger partial charge in [0.1, 0.15) is 6.61 Å². The van der Waals surface area contributed by atoms with Crippen LogP contribution in [0.4, 0.5) is 0 Å². The maximum absolute atomic E-state index is 12.5. The van der Waals surface area contributed by atoms with Crippen molar-refractivity contribution in [1.82, 2.24) is 0 Å². The van der Waals surface area contributed by atoms with Gasteiger partial charge in [0.2, 0.25) is 0 Å². The van der Waals surface area contributed by atoms with Crippen LogP contribution >= 0.6 is 7.82 Å². The highest BCUT2D eigenvalue weighted by atomic mass is 31.2. The van der Waals surface area contributed by atoms with E-state index in [4.69, 9.17) is 19.3 Å². The number of esters is 2. The SMILES string of the molecule is CCCCC[C@@H](O)/C=C/C=C\C=C\C=C\[C@@H](O)[C@H](O)CCCC(=O)OC[C@H](COP(=O)(O)O)OC(=O)CCCCCCCCCCCCCCCCCCCCC(C)CC. The highest BCUT2D eigenvalue weighted by Crippen LogP contribution is 2.36. The first-order valence-electron chi connectivity index (χ1n) is 23.7. The van der Waals surface area contributed by atoms with Gasteiger partial charge >= 0.3 is 19.8 Å². The molecule has 0 aliphatic rings. The van der Waals surface area contributed by atoms with Gasteiger partial charge in [-0.05, 0) is 31.6 Å². The van der Waals surface area contributed by atoms with Gasteiger partial charge in [-0.25, -0.2) is 4.57 Å². The summed E-state index contributed by atoms with van der Waals surface area (Å²) in [5, 5.41) is 30.3. The third-order valence-electron chi connectivity index (χ3n) is 10.8. The summed E-state index contributed by atoms with van der Waals surface area (Å²) >= 11 is 0. The molecule has 0 saturated carbocycles. The molecule has 0 bridgehead atoms. The fourth-order valence-corrected chi connectivity index (χ4v) is 7.04. The molecule has 60 heavy (non-hydrogen) atoms. The van der Waals surface area contributed by atoms with Crippen LogP contribution in [0, 0.1) is 5.92 Å². The van der Waals surface area contributed by atoms with Crippen LogP contribution in [0.25, 0.3) is 0 Å². The lowest BCUT2D eigenvalue weighted by atomic mass is 9.99. The summed E-state index contributed by atoms with van der Waals surface area (Å²) < 4.78 is 26.3. The average molecular weight is 871 g/mol. The Hall–Kier alpha value is -2.11. The molecule has 0 heterocycles. The van der Waals surface area contributed by atoms with Crippen molar-refractivity contribution in [3.05, 3.63) is 48.6 Å². The largest absolute Gasteiger partial charge is 0.469 e. The van der Waals surface area contributed by atoms with Gasteiger partial charge in [0.15, 0.2) is 6.10 Å². The molecule has 0 aromatic heterocycles. The number of aliphatic hydroxyl groups excluding tert-OH is 3. The molecular formula is C48H87O11P. The maximum Gasteiger partial charge on any atom is 0.469 e. The van der Waals surface area contributed by atoms with Crippen LogP contribution in [0.2, 0.25) is 0 Å². The lowest BCUT2D eigenvalue weighted by Crippen LogP contribution is -2.29. The number of phosphoric acid groups is 1. The first kappa shape index (κ1) is 57.9. The summed E-state index contributed by atoms with van der Waals surface area (Å²) in [6.45, 7) is 5.69. The molecule has 5 atom stereocenters. The minimum absolute atomic E-state index is 0.0852. The normalized spacial score (nSPS) is 15.0. The van der Waals surface area contributed by atoms with Crippen molar-refractivity contribution in [3.8, 4) is 0 Å². The summed E-state index contributed by atoms with van der Waals surface area (Å²) in [5.74, 6) is -0.323. The molecule has 350 valence electrons. The fourth-order valence-electron chi connectivity index (χ4n) is 6.68. The van der Waals surface area contributed by atoms with E-state index in [2.05, 4.69) is 25.3 Å². The van der Waals surface area contributed by atoms with Crippen molar-refractivity contribution in [3.63, 3.8) is 0 Å². The zero-order valence-electron chi connectivity index (χ0n) is 37.9. The number of ether oxygens (including phenoxy) is 2. The molecule has 0 spiro atoms. The second kappa shape index (κ2) is 40.9. The molecule has 0 radical (unpaired) electrons. The molecule has 12 heteroatoms. The Morgan fingerprint density at radius 2 is 1.02 bits per heavy atom. The third kappa shape index (κ3) is 41.3. The number of aliphatic hydroxyl groups is 3. The van der Waals surface area contributed by atoms with Crippen LogP contribution in [-0.4, -0.2) is 74.7 Å². The summed E-state index contributed by atoms with van der Waals surface area (Å²) in [4.78, 5) is 43.0. The van der Waals surface area contributed by atoms with Crippen molar-refractivity contribution in [2.75, 3.05) is 13.2 Å². The number of hydrogen-bond acceptors (Lipinski definition) is 9. The van der Waals surface area contributed by atoms with Crippen molar-refractivity contribution in [2.24, 2.45) is 5.92 Å². The van der Waals surface area contributed by atoms with E-state index in [-0.39, 0.29) is 25.7 Å². The van der Waals surface area contributed by atoms with Gasteiger partial charge in [-0.2, -0.15) is 0 Å². The topological polar surface area (TPSA) is 180 Å². The molecule has 0 aliphatic carbocycles. The molecule has 0 aliphatic heterocycles. The summed E-state index contributed by atoms with van der Waals surface area (Å²) in [7, 11) is -4.84. The number of rotatable bonds is 42. The Labute approximate surface area is 364 Å². The fraction of sp³-hybridized carbons (Fsp3) is 0.792. The van der Waals surface area contributed by atoms with Gasteiger partial charge in [-0.15, -0.1) is 0 Å². The Bertz CT molecular complexity index is 1180. The van der Waals surface area contributed by atoms with Crippen LogP contribution < -0.4 is 0 Å². The summed E-state index contributed by atoms with van der Waals surface area (Å²) in [6, 6.07) is 0. The van der Waals surface area contributed by atoms with Crippen LogP contribution in [0.3, 0.4) is 0 Å². The van der Waals surface area contributed by atoms with E-state index in [1.807, 2.05) is 0 Å². The number of carbonyl (C=O) groups excluding carboxylic acids is 2. The quantitative estimate of drug-likeness (QED) is 0.0170. The predicted molar refractivity (Wildman–Crippen MR) is 243 cm³/mol. The Kier molecular flexibility index (Phi) is 39.5. The molecule has 0 aromatic rings. The second-order valence-electron chi connectivity index (χ2n) is 16.6. The average Bonchev–Trinajstić information content (AvgIpc) is 3.21. The van der Waals surface area contributed by atoms with E-state index >= 15 is 0 Å². The zero-order valence-corrected chi connectivity index (χ0v) is 38.7. The molecule has 11 nitrogen and oxygen atoms in total. The number of carbonyl (C=O) groups is 2. The molecule has 0 amide bonds. The van der Waals surface area contributed by atoms with Crippen molar-refractivity contribution in [2.45, 2.75) is 225 Å². The van der Waals surface area contributed by atoms with Crippen molar-refractivity contribution < 1.29 is 53.3 Å². The number of hydrogen-bond donors (Lipinski definition) is 5. The first-order valence-corrected chi connectivity index (χ1v) is 25.2. The van der Waals surface area contributed by atoms with Gasteiger partial charge in [-0.1, -0.05) is 211 Å². The standard InChI is InChI=1S/C48H87O11P/c1-4-6-27-34-43(49)35-29-24-21-22-25-30-36-45(50)46(51)37-32-39-47(52)57-40-44(41-58-60(54,55)56)59-48(53)38-31-26-20-18-16-14-12-10-8-7-9-11-13-15-17-19-23-28-33-42(3)5-2/h21-22,24-25,29-30,35-36,42-46,49-51H,4-20,23,26-28,31-34,37-41H2,1-3H3,(H2,54,55,56)/b24-21-,25-22+,35-29+,36-30+/t42?,43-,44-,45-,46-/m1/s1. The van der Waals surface area contributed by atoms with Gasteiger partial charge in [0.25, 0.3) is 0 Å². The molecule has 0 saturated heterocycles. The van der Waals surface area contributed by atoms with Gasteiger partial charge < -0.3 is 34.6 Å². The van der Waals surface area contributed by atoms with Crippen LogP contribution in [0.15, 0.2) is 48.6 Å². The summed E-state index contributed by atoms with van der Waals surface area (Å²) in [5.41, 5.74) is 0. The number of unbranched alkanes of at least 4 members (excludes halogenated alkanes) is 19. The highest BCUT2D eigenvalue weighted by molar-refractivity contribution is 7.46. The molecule has 0 aromatic carbocycles. The molecule has 0 fully saturated rings. The predicted octanol–water partition coefficient (Wildman–Crippen LogP) is 11.5. The van der Waals surface area contributed by atoms with E-state index in [9.17, 15) is 29.5 Å². The Morgan fingerprint density at radius 3 is 1.53 bits per heavy atom. The van der Waals surface area contributed by atoms with Gasteiger partial charge in [0.05, 0.1) is 24.9 Å².